The molecule has 0 unspecified atom stereocenters. The highest BCUT2D eigenvalue weighted by Crippen LogP contribution is 2.38. The summed E-state index contributed by atoms with van der Waals surface area (Å²) >= 11 is 0. The highest BCUT2D eigenvalue weighted by molar-refractivity contribution is 6.09. The summed E-state index contributed by atoms with van der Waals surface area (Å²) in [6.45, 7) is 6.51. The number of allylic oxidation sites excluding steroid dienone is 1. The number of piperazine rings is 1. The van der Waals surface area contributed by atoms with Crippen molar-refractivity contribution < 1.29 is 31.5 Å². The lowest BCUT2D eigenvalue weighted by Gasteiger charge is -2.35. The zero-order chi connectivity index (χ0) is 28.6. The van der Waals surface area contributed by atoms with E-state index in [2.05, 4.69) is 22.1 Å². The number of amides is 1. The van der Waals surface area contributed by atoms with E-state index in [0.29, 0.717) is 36.9 Å². The molecular formula is C29H29F5N4O2. The van der Waals surface area contributed by atoms with Crippen LogP contribution >= 0.6 is 0 Å². The molecule has 2 N–H and O–H groups in total. The molecule has 1 aliphatic carbocycles. The predicted octanol–water partition coefficient (Wildman–Crippen LogP) is 5.60. The fraction of sp³-hybridized carbons (Fsp3) is 0.345. The molecule has 40 heavy (non-hydrogen) atoms. The Labute approximate surface area is 228 Å². The van der Waals surface area contributed by atoms with Gasteiger partial charge in [-0.1, -0.05) is 12.6 Å². The van der Waals surface area contributed by atoms with E-state index in [0.717, 1.165) is 44.3 Å². The Balaban J connectivity index is 1.50. The Morgan fingerprint density at radius 2 is 1.82 bits per heavy atom. The minimum Gasteiger partial charge on any atom is -0.490 e. The van der Waals surface area contributed by atoms with Crippen LogP contribution in [0.3, 0.4) is 0 Å². The highest BCUT2D eigenvalue weighted by atomic mass is 19.4. The molecule has 0 atom stereocenters. The summed E-state index contributed by atoms with van der Waals surface area (Å²) in [5.74, 6) is -2.39. The number of ether oxygens (including phenoxy) is 1. The molecule has 0 bridgehead atoms. The van der Waals surface area contributed by atoms with Crippen LogP contribution in [0, 0.1) is 17.6 Å². The predicted molar refractivity (Wildman–Crippen MR) is 143 cm³/mol. The van der Waals surface area contributed by atoms with E-state index < -0.39 is 34.9 Å². The number of carbonyl (C=O) groups is 1. The van der Waals surface area contributed by atoms with Gasteiger partial charge in [0.1, 0.15) is 5.82 Å². The van der Waals surface area contributed by atoms with Crippen molar-refractivity contribution in [3.8, 4) is 16.9 Å². The molecule has 6 nitrogen and oxygen atoms in total. The van der Waals surface area contributed by atoms with Gasteiger partial charge in [-0.3, -0.25) is 4.79 Å². The molecule has 2 fully saturated rings. The number of halogens is 5. The smallest absolute Gasteiger partial charge is 0.417 e. The SMILES string of the molecule is C=C1C=C(C(F)(F)F)C(C(=O)Nc2cc(-c3cc(OCC4CC4)c(F)cc3F)ccc2N2CCN(C)CC2)=CN1. The summed E-state index contributed by atoms with van der Waals surface area (Å²) in [6.07, 6.45) is -1.06. The topological polar surface area (TPSA) is 56.8 Å². The summed E-state index contributed by atoms with van der Waals surface area (Å²) in [6, 6.07) is 6.82. The Morgan fingerprint density at radius 1 is 1.10 bits per heavy atom. The van der Waals surface area contributed by atoms with Crippen LogP contribution in [0.15, 0.2) is 66.0 Å². The van der Waals surface area contributed by atoms with Crippen LogP contribution in [-0.2, 0) is 4.79 Å². The second-order valence-corrected chi connectivity index (χ2v) is 10.3. The maximum atomic E-state index is 15.0. The van der Waals surface area contributed by atoms with Crippen molar-refractivity contribution in [3.05, 3.63) is 77.7 Å². The number of likely N-dealkylation sites (N-methyl/N-ethyl adjacent to an activating group) is 1. The lowest BCUT2D eigenvalue weighted by molar-refractivity contribution is -0.115. The molecule has 5 rings (SSSR count). The molecule has 0 aromatic heterocycles. The van der Waals surface area contributed by atoms with E-state index in [1.54, 1.807) is 12.1 Å². The molecule has 2 aromatic rings. The number of anilines is 2. The molecule has 3 aliphatic rings. The molecule has 2 aromatic carbocycles. The number of dihydropyridines is 1. The zero-order valence-corrected chi connectivity index (χ0v) is 21.9. The van der Waals surface area contributed by atoms with Crippen molar-refractivity contribution in [2.24, 2.45) is 5.92 Å². The third-order valence-corrected chi connectivity index (χ3v) is 7.15. The summed E-state index contributed by atoms with van der Waals surface area (Å²) in [5, 5.41) is 5.16. The first-order chi connectivity index (χ1) is 19.0. The average Bonchev–Trinajstić information content (AvgIpc) is 3.73. The lowest BCUT2D eigenvalue weighted by atomic mass is 10.0. The Bertz CT molecular complexity index is 1390. The number of carbonyl (C=O) groups excluding carboxylic acids is 1. The molecule has 212 valence electrons. The van der Waals surface area contributed by atoms with E-state index in [-0.39, 0.29) is 22.7 Å². The third-order valence-electron chi connectivity index (χ3n) is 7.15. The number of hydrogen-bond donors (Lipinski definition) is 2. The maximum absolute atomic E-state index is 15.0. The standard InChI is InChI=1S/C29H29F5N4O2/c1-17-11-22(29(32,33)34)21(15-35-17)28(39)36-25-12-19(5-6-26(25)38-9-7-37(2)8-10-38)20-13-27(24(31)14-23(20)30)40-16-18-3-4-18/h5-6,11-15,18,35H,1,3-4,7-10,16H2,2H3,(H,36,39). The van der Waals surface area contributed by atoms with Gasteiger partial charge >= 0.3 is 6.18 Å². The first-order valence-electron chi connectivity index (χ1n) is 13.0. The van der Waals surface area contributed by atoms with E-state index in [1.165, 1.54) is 12.1 Å². The molecule has 2 heterocycles. The van der Waals surface area contributed by atoms with Crippen LogP contribution in [0.4, 0.5) is 33.3 Å². The summed E-state index contributed by atoms with van der Waals surface area (Å²) in [7, 11) is 1.98. The number of rotatable bonds is 7. The summed E-state index contributed by atoms with van der Waals surface area (Å²) in [5.41, 5.74) is -0.634. The minimum atomic E-state index is -4.79. The largest absolute Gasteiger partial charge is 0.490 e. The minimum absolute atomic E-state index is 0.00417. The van der Waals surface area contributed by atoms with Crippen LogP contribution in [0.2, 0.25) is 0 Å². The van der Waals surface area contributed by atoms with Crippen molar-refractivity contribution in [1.82, 2.24) is 10.2 Å². The van der Waals surface area contributed by atoms with Gasteiger partial charge in [0.15, 0.2) is 11.6 Å². The van der Waals surface area contributed by atoms with Gasteiger partial charge in [0.25, 0.3) is 5.91 Å². The quantitative estimate of drug-likeness (QED) is 0.432. The third kappa shape index (κ3) is 6.14. The summed E-state index contributed by atoms with van der Waals surface area (Å²) < 4.78 is 76.2. The highest BCUT2D eigenvalue weighted by Gasteiger charge is 2.40. The van der Waals surface area contributed by atoms with Gasteiger partial charge in [-0.25, -0.2) is 8.78 Å². The van der Waals surface area contributed by atoms with Gasteiger partial charge < -0.3 is 25.2 Å². The van der Waals surface area contributed by atoms with Crippen LogP contribution < -0.4 is 20.3 Å². The van der Waals surface area contributed by atoms with E-state index in [4.69, 9.17) is 4.74 Å². The van der Waals surface area contributed by atoms with Crippen molar-refractivity contribution in [3.63, 3.8) is 0 Å². The van der Waals surface area contributed by atoms with E-state index in [1.807, 2.05) is 11.9 Å². The molecule has 0 spiro atoms. The zero-order valence-electron chi connectivity index (χ0n) is 21.9. The molecule has 0 radical (unpaired) electrons. The Morgan fingerprint density at radius 3 is 2.50 bits per heavy atom. The fourth-order valence-electron chi connectivity index (χ4n) is 4.63. The Hall–Kier alpha value is -3.86. The molecule has 11 heteroatoms. The molecular weight excluding hydrogens is 531 g/mol. The number of nitrogens with one attached hydrogen (secondary N) is 2. The van der Waals surface area contributed by atoms with Gasteiger partial charge in [-0.2, -0.15) is 13.2 Å². The molecule has 1 saturated heterocycles. The lowest BCUT2D eigenvalue weighted by Crippen LogP contribution is -2.44. The molecule has 1 saturated carbocycles. The number of alkyl halides is 3. The number of nitrogens with zero attached hydrogens (tertiary/aromatic N) is 2. The second-order valence-electron chi connectivity index (χ2n) is 10.3. The van der Waals surface area contributed by atoms with Crippen LogP contribution in [0.25, 0.3) is 11.1 Å². The maximum Gasteiger partial charge on any atom is 0.417 e. The van der Waals surface area contributed by atoms with Crippen molar-refractivity contribution >= 4 is 17.3 Å². The van der Waals surface area contributed by atoms with Gasteiger partial charge in [-0.15, -0.1) is 0 Å². The van der Waals surface area contributed by atoms with E-state index in [9.17, 15) is 26.7 Å². The molecule has 2 aliphatic heterocycles. The molecule has 1 amide bonds. The van der Waals surface area contributed by atoms with Crippen LogP contribution in [0.1, 0.15) is 12.8 Å². The second kappa shape index (κ2) is 11.0. The average molecular weight is 561 g/mol. The van der Waals surface area contributed by atoms with Crippen LogP contribution in [-0.4, -0.2) is 56.8 Å². The normalized spacial score (nSPS) is 18.1. The first-order valence-corrected chi connectivity index (χ1v) is 13.0. The van der Waals surface area contributed by atoms with Crippen molar-refractivity contribution in [1.29, 1.82) is 0 Å². The summed E-state index contributed by atoms with van der Waals surface area (Å²) in [4.78, 5) is 17.4. The Kier molecular flexibility index (Phi) is 7.59. The van der Waals surface area contributed by atoms with Crippen molar-refractivity contribution in [2.45, 2.75) is 19.0 Å². The van der Waals surface area contributed by atoms with Gasteiger partial charge in [0.2, 0.25) is 0 Å². The monoisotopic (exact) mass is 560 g/mol. The van der Waals surface area contributed by atoms with E-state index >= 15 is 0 Å². The van der Waals surface area contributed by atoms with Gasteiger partial charge in [0.05, 0.1) is 29.1 Å². The first kappa shape index (κ1) is 27.7. The van der Waals surface area contributed by atoms with Crippen LogP contribution in [0.5, 0.6) is 5.75 Å². The van der Waals surface area contributed by atoms with Gasteiger partial charge in [-0.05, 0) is 55.6 Å². The fourth-order valence-corrected chi connectivity index (χ4v) is 4.63. The number of hydrogen-bond acceptors (Lipinski definition) is 5. The van der Waals surface area contributed by atoms with Gasteiger partial charge in [0, 0.05) is 49.7 Å². The number of benzene rings is 2. The van der Waals surface area contributed by atoms with Crippen molar-refractivity contribution in [2.75, 3.05) is 50.1 Å².